The van der Waals surface area contributed by atoms with Crippen LogP contribution in [0.3, 0.4) is 0 Å². The van der Waals surface area contributed by atoms with Gasteiger partial charge in [-0.15, -0.1) is 0 Å². The second-order valence-electron chi connectivity index (χ2n) is 4.03. The predicted octanol–water partition coefficient (Wildman–Crippen LogP) is 3.07. The third-order valence-electron chi connectivity index (χ3n) is 2.50. The summed E-state index contributed by atoms with van der Waals surface area (Å²) < 4.78 is 49.4. The molecule has 0 aliphatic carbocycles. The number of rotatable bonds is 4. The standard InChI is InChI=1S/C12H13F4NO/c1-7-3-5-9(6-4-7)8(2)17-11(18)12(15,16)10(13)14/h3-6,8,10H,1-2H3,(H,17,18)/t8-/m1/s1. The Morgan fingerprint density at radius 1 is 1.22 bits per heavy atom. The van der Waals surface area contributed by atoms with Crippen molar-refractivity contribution in [3.05, 3.63) is 35.4 Å². The van der Waals surface area contributed by atoms with Gasteiger partial charge in [-0.05, 0) is 19.4 Å². The summed E-state index contributed by atoms with van der Waals surface area (Å²) in [6.45, 7) is 3.29. The van der Waals surface area contributed by atoms with Crippen molar-refractivity contribution in [1.29, 1.82) is 0 Å². The van der Waals surface area contributed by atoms with Crippen molar-refractivity contribution in [2.24, 2.45) is 0 Å². The van der Waals surface area contributed by atoms with Crippen molar-refractivity contribution in [3.8, 4) is 0 Å². The number of amides is 1. The lowest BCUT2D eigenvalue weighted by atomic mass is 10.1. The molecule has 0 saturated carbocycles. The van der Waals surface area contributed by atoms with E-state index in [2.05, 4.69) is 0 Å². The predicted molar refractivity (Wildman–Crippen MR) is 58.7 cm³/mol. The quantitative estimate of drug-likeness (QED) is 0.831. The van der Waals surface area contributed by atoms with Crippen LogP contribution >= 0.6 is 0 Å². The normalized spacial score (nSPS) is 13.5. The number of nitrogens with one attached hydrogen (secondary N) is 1. The zero-order valence-electron chi connectivity index (χ0n) is 9.88. The first-order chi connectivity index (χ1) is 8.25. The smallest absolute Gasteiger partial charge is 0.344 e. The highest BCUT2D eigenvalue weighted by Gasteiger charge is 2.49. The van der Waals surface area contributed by atoms with E-state index in [1.165, 1.54) is 6.92 Å². The minimum atomic E-state index is -4.67. The second-order valence-corrected chi connectivity index (χ2v) is 4.03. The number of alkyl halides is 4. The molecular weight excluding hydrogens is 250 g/mol. The van der Waals surface area contributed by atoms with E-state index in [4.69, 9.17) is 0 Å². The number of hydrogen-bond acceptors (Lipinski definition) is 1. The maximum absolute atomic E-state index is 12.7. The van der Waals surface area contributed by atoms with Crippen molar-refractivity contribution >= 4 is 5.91 Å². The van der Waals surface area contributed by atoms with E-state index in [-0.39, 0.29) is 0 Å². The van der Waals surface area contributed by atoms with Crippen molar-refractivity contribution in [2.45, 2.75) is 32.2 Å². The lowest BCUT2D eigenvalue weighted by Crippen LogP contribution is -2.45. The molecule has 1 N–H and O–H groups in total. The van der Waals surface area contributed by atoms with E-state index < -0.39 is 24.3 Å². The summed E-state index contributed by atoms with van der Waals surface area (Å²) in [5.41, 5.74) is 1.54. The van der Waals surface area contributed by atoms with Crippen LogP contribution in [0.25, 0.3) is 0 Å². The molecule has 0 heterocycles. The van der Waals surface area contributed by atoms with E-state index in [0.717, 1.165) is 5.56 Å². The molecular formula is C12H13F4NO. The van der Waals surface area contributed by atoms with Crippen LogP contribution in [0, 0.1) is 6.92 Å². The highest BCUT2D eigenvalue weighted by Crippen LogP contribution is 2.24. The number of halogens is 4. The van der Waals surface area contributed by atoms with Gasteiger partial charge in [-0.25, -0.2) is 8.78 Å². The van der Waals surface area contributed by atoms with Gasteiger partial charge in [-0.1, -0.05) is 29.8 Å². The molecule has 0 aliphatic rings. The largest absolute Gasteiger partial charge is 0.383 e. The van der Waals surface area contributed by atoms with Crippen molar-refractivity contribution in [3.63, 3.8) is 0 Å². The van der Waals surface area contributed by atoms with Gasteiger partial charge in [0.1, 0.15) is 0 Å². The van der Waals surface area contributed by atoms with E-state index in [1.807, 2.05) is 12.2 Å². The highest BCUT2D eigenvalue weighted by atomic mass is 19.3. The van der Waals surface area contributed by atoms with E-state index in [0.29, 0.717) is 5.56 Å². The number of carbonyl (C=O) groups excluding carboxylic acids is 1. The average Bonchev–Trinajstić information content (AvgIpc) is 2.29. The number of carbonyl (C=O) groups is 1. The maximum Gasteiger partial charge on any atom is 0.383 e. The molecule has 0 spiro atoms. The van der Waals surface area contributed by atoms with Gasteiger partial charge in [0.2, 0.25) is 0 Å². The maximum atomic E-state index is 12.7. The van der Waals surface area contributed by atoms with Crippen LogP contribution in [0.15, 0.2) is 24.3 Å². The lowest BCUT2D eigenvalue weighted by Gasteiger charge is -2.19. The Morgan fingerprint density at radius 2 is 1.72 bits per heavy atom. The van der Waals surface area contributed by atoms with Gasteiger partial charge in [0.15, 0.2) is 0 Å². The molecule has 1 amide bonds. The Morgan fingerprint density at radius 3 is 2.17 bits per heavy atom. The van der Waals surface area contributed by atoms with Crippen molar-refractivity contribution < 1.29 is 22.4 Å². The fraction of sp³-hybridized carbons (Fsp3) is 0.417. The molecule has 2 nitrogen and oxygen atoms in total. The van der Waals surface area contributed by atoms with Gasteiger partial charge in [0.05, 0.1) is 6.04 Å². The van der Waals surface area contributed by atoms with Crippen LogP contribution in [-0.2, 0) is 4.79 Å². The van der Waals surface area contributed by atoms with Crippen LogP contribution in [-0.4, -0.2) is 18.3 Å². The van der Waals surface area contributed by atoms with Crippen LogP contribution in [0.5, 0.6) is 0 Å². The molecule has 0 radical (unpaired) electrons. The average molecular weight is 263 g/mol. The molecule has 1 aromatic carbocycles. The molecule has 0 unspecified atom stereocenters. The summed E-state index contributed by atoms with van der Waals surface area (Å²) in [5, 5.41) is 1.87. The van der Waals surface area contributed by atoms with E-state index >= 15 is 0 Å². The Balaban J connectivity index is 2.73. The molecule has 0 fully saturated rings. The monoisotopic (exact) mass is 263 g/mol. The molecule has 0 saturated heterocycles. The van der Waals surface area contributed by atoms with Gasteiger partial charge in [-0.2, -0.15) is 8.78 Å². The summed E-state index contributed by atoms with van der Waals surface area (Å²) in [5.74, 6) is -6.63. The number of benzene rings is 1. The molecule has 0 aromatic heterocycles. The van der Waals surface area contributed by atoms with Gasteiger partial charge in [0, 0.05) is 0 Å². The van der Waals surface area contributed by atoms with Gasteiger partial charge in [-0.3, -0.25) is 4.79 Å². The van der Waals surface area contributed by atoms with E-state index in [9.17, 15) is 22.4 Å². The highest BCUT2D eigenvalue weighted by molar-refractivity contribution is 5.84. The molecule has 1 atom stereocenters. The first kappa shape index (κ1) is 14.5. The number of aryl methyl sites for hydroxylation is 1. The molecule has 1 rings (SSSR count). The van der Waals surface area contributed by atoms with Gasteiger partial charge < -0.3 is 5.32 Å². The molecule has 0 aliphatic heterocycles. The molecule has 100 valence electrons. The van der Waals surface area contributed by atoms with Crippen LogP contribution in [0.2, 0.25) is 0 Å². The first-order valence-electron chi connectivity index (χ1n) is 5.28. The van der Waals surface area contributed by atoms with Crippen molar-refractivity contribution in [1.82, 2.24) is 5.32 Å². The Hall–Kier alpha value is -1.59. The minimum absolute atomic E-state index is 0.569. The van der Waals surface area contributed by atoms with Gasteiger partial charge in [0.25, 0.3) is 5.91 Å². The second kappa shape index (κ2) is 5.37. The summed E-state index contributed by atoms with van der Waals surface area (Å²) in [6, 6.07) is 6.00. The molecule has 1 aromatic rings. The topological polar surface area (TPSA) is 29.1 Å². The lowest BCUT2D eigenvalue weighted by molar-refractivity contribution is -0.170. The van der Waals surface area contributed by atoms with Gasteiger partial charge >= 0.3 is 12.3 Å². The summed E-state index contributed by atoms with van der Waals surface area (Å²) in [4.78, 5) is 11.0. The van der Waals surface area contributed by atoms with Crippen LogP contribution in [0.4, 0.5) is 17.6 Å². The third-order valence-corrected chi connectivity index (χ3v) is 2.50. The van der Waals surface area contributed by atoms with Crippen LogP contribution in [0.1, 0.15) is 24.1 Å². The van der Waals surface area contributed by atoms with Crippen LogP contribution < -0.4 is 5.32 Å². The molecule has 0 bridgehead atoms. The summed E-state index contributed by atoms with van der Waals surface area (Å²) in [6.07, 6.45) is -4.01. The fourth-order valence-corrected chi connectivity index (χ4v) is 1.33. The molecule has 6 heteroatoms. The zero-order chi connectivity index (χ0) is 13.9. The third kappa shape index (κ3) is 3.21. The number of hydrogen-bond donors (Lipinski definition) is 1. The minimum Gasteiger partial charge on any atom is -0.344 e. The fourth-order valence-electron chi connectivity index (χ4n) is 1.33. The summed E-state index contributed by atoms with van der Waals surface area (Å²) >= 11 is 0. The Bertz CT molecular complexity index is 417. The van der Waals surface area contributed by atoms with Crippen molar-refractivity contribution in [2.75, 3.05) is 0 Å². The summed E-state index contributed by atoms with van der Waals surface area (Å²) in [7, 11) is 0. The Kier molecular flexibility index (Phi) is 4.32. The first-order valence-corrected chi connectivity index (χ1v) is 5.28. The molecule has 18 heavy (non-hydrogen) atoms. The van der Waals surface area contributed by atoms with E-state index in [1.54, 1.807) is 24.3 Å². The Labute approximate surface area is 102 Å². The zero-order valence-corrected chi connectivity index (χ0v) is 9.88. The SMILES string of the molecule is Cc1ccc([C@@H](C)NC(=O)C(F)(F)C(F)F)cc1.